The Morgan fingerprint density at radius 1 is 1.24 bits per heavy atom. The first kappa shape index (κ1) is 13.5. The van der Waals surface area contributed by atoms with Gasteiger partial charge in [-0.05, 0) is 26.0 Å². The van der Waals surface area contributed by atoms with Gasteiger partial charge in [0.05, 0.1) is 11.3 Å². The minimum atomic E-state index is -0.167. The van der Waals surface area contributed by atoms with Crippen molar-refractivity contribution < 1.29 is 4.79 Å². The van der Waals surface area contributed by atoms with E-state index in [-0.39, 0.29) is 5.91 Å². The minimum Gasteiger partial charge on any atom is -0.322 e. The fourth-order valence-corrected chi connectivity index (χ4v) is 2.51. The second-order valence-corrected chi connectivity index (χ2v) is 5.58. The average Bonchev–Trinajstić information content (AvgIpc) is 3.10. The van der Waals surface area contributed by atoms with Gasteiger partial charge in [-0.3, -0.25) is 4.79 Å². The first-order valence-corrected chi connectivity index (χ1v) is 7.35. The summed E-state index contributed by atoms with van der Waals surface area (Å²) in [6.45, 7) is 3.82. The molecule has 0 fully saturated rings. The SMILES string of the molecule is Cc1ccc(NC(=O)c2cn(-c3nccs3)nc2C)cc1. The van der Waals surface area contributed by atoms with Crippen LogP contribution in [0.5, 0.6) is 0 Å². The molecular weight excluding hydrogens is 284 g/mol. The Bertz CT molecular complexity index is 760. The molecule has 2 aromatic heterocycles. The maximum absolute atomic E-state index is 12.3. The molecule has 0 unspecified atom stereocenters. The summed E-state index contributed by atoms with van der Waals surface area (Å²) >= 11 is 1.47. The number of rotatable bonds is 3. The lowest BCUT2D eigenvalue weighted by molar-refractivity contribution is 0.102. The average molecular weight is 298 g/mol. The molecule has 6 heteroatoms. The van der Waals surface area contributed by atoms with E-state index in [2.05, 4.69) is 15.4 Å². The number of aryl methyl sites for hydroxylation is 2. The molecule has 1 amide bonds. The van der Waals surface area contributed by atoms with Gasteiger partial charge in [-0.2, -0.15) is 5.10 Å². The molecule has 0 atom stereocenters. The van der Waals surface area contributed by atoms with E-state index in [1.54, 1.807) is 17.1 Å². The van der Waals surface area contributed by atoms with E-state index in [1.807, 2.05) is 43.5 Å². The first-order chi connectivity index (χ1) is 10.1. The molecule has 0 bridgehead atoms. The predicted octanol–water partition coefficient (Wildman–Crippen LogP) is 3.20. The van der Waals surface area contributed by atoms with Crippen LogP contribution >= 0.6 is 11.3 Å². The number of hydrogen-bond donors (Lipinski definition) is 1. The van der Waals surface area contributed by atoms with E-state index in [0.29, 0.717) is 11.3 Å². The number of thiazole rings is 1. The van der Waals surface area contributed by atoms with Gasteiger partial charge in [0.25, 0.3) is 5.91 Å². The lowest BCUT2D eigenvalue weighted by Crippen LogP contribution is -2.12. The van der Waals surface area contributed by atoms with Gasteiger partial charge in [-0.1, -0.05) is 17.7 Å². The number of anilines is 1. The van der Waals surface area contributed by atoms with Crippen LogP contribution in [0.1, 0.15) is 21.6 Å². The van der Waals surface area contributed by atoms with Crippen molar-refractivity contribution in [3.05, 3.63) is 58.9 Å². The largest absolute Gasteiger partial charge is 0.322 e. The highest BCUT2D eigenvalue weighted by Crippen LogP contribution is 2.16. The van der Waals surface area contributed by atoms with Crippen LogP contribution in [0.2, 0.25) is 0 Å². The second-order valence-electron chi connectivity index (χ2n) is 4.71. The van der Waals surface area contributed by atoms with Crippen molar-refractivity contribution in [3.8, 4) is 5.13 Å². The molecule has 3 rings (SSSR count). The van der Waals surface area contributed by atoms with Crippen molar-refractivity contribution in [1.29, 1.82) is 0 Å². The van der Waals surface area contributed by atoms with Crippen molar-refractivity contribution in [3.63, 3.8) is 0 Å². The van der Waals surface area contributed by atoms with Crippen LogP contribution in [-0.2, 0) is 0 Å². The van der Waals surface area contributed by atoms with Gasteiger partial charge >= 0.3 is 0 Å². The van der Waals surface area contributed by atoms with Crippen molar-refractivity contribution in [2.75, 3.05) is 5.32 Å². The smallest absolute Gasteiger partial charge is 0.259 e. The van der Waals surface area contributed by atoms with E-state index >= 15 is 0 Å². The third-order valence-electron chi connectivity index (χ3n) is 3.07. The number of nitrogens with zero attached hydrogens (tertiary/aromatic N) is 3. The maximum atomic E-state index is 12.3. The molecule has 21 heavy (non-hydrogen) atoms. The second kappa shape index (κ2) is 5.49. The lowest BCUT2D eigenvalue weighted by atomic mass is 10.2. The van der Waals surface area contributed by atoms with Crippen molar-refractivity contribution in [1.82, 2.24) is 14.8 Å². The zero-order chi connectivity index (χ0) is 14.8. The Morgan fingerprint density at radius 3 is 2.67 bits per heavy atom. The van der Waals surface area contributed by atoms with Crippen LogP contribution in [0.15, 0.2) is 42.0 Å². The highest BCUT2D eigenvalue weighted by Gasteiger charge is 2.15. The zero-order valence-electron chi connectivity index (χ0n) is 11.7. The highest BCUT2D eigenvalue weighted by atomic mass is 32.1. The number of amides is 1. The Hall–Kier alpha value is -2.47. The molecule has 0 aliphatic heterocycles. The third kappa shape index (κ3) is 2.85. The summed E-state index contributed by atoms with van der Waals surface area (Å²) in [7, 11) is 0. The van der Waals surface area contributed by atoms with Gasteiger partial charge in [0, 0.05) is 23.5 Å². The molecule has 0 saturated carbocycles. The summed E-state index contributed by atoms with van der Waals surface area (Å²) in [5.74, 6) is -0.167. The van der Waals surface area contributed by atoms with E-state index in [1.165, 1.54) is 11.3 Å². The number of carbonyl (C=O) groups excluding carboxylic acids is 1. The molecule has 1 N–H and O–H groups in total. The molecule has 2 heterocycles. The maximum Gasteiger partial charge on any atom is 0.259 e. The molecule has 0 aliphatic rings. The lowest BCUT2D eigenvalue weighted by Gasteiger charge is -2.04. The number of aromatic nitrogens is 3. The van der Waals surface area contributed by atoms with Crippen LogP contribution in [0.3, 0.4) is 0 Å². The van der Waals surface area contributed by atoms with Gasteiger partial charge < -0.3 is 5.32 Å². The molecular formula is C15H14N4OS. The Balaban J connectivity index is 1.83. The minimum absolute atomic E-state index is 0.167. The van der Waals surface area contributed by atoms with Gasteiger partial charge in [0.2, 0.25) is 5.13 Å². The van der Waals surface area contributed by atoms with E-state index in [4.69, 9.17) is 0 Å². The normalized spacial score (nSPS) is 10.6. The van der Waals surface area contributed by atoms with Crippen molar-refractivity contribution in [2.45, 2.75) is 13.8 Å². The molecule has 0 saturated heterocycles. The van der Waals surface area contributed by atoms with E-state index in [9.17, 15) is 4.79 Å². The predicted molar refractivity (Wildman–Crippen MR) is 83.1 cm³/mol. The number of benzene rings is 1. The third-order valence-corrected chi connectivity index (χ3v) is 3.83. The summed E-state index contributed by atoms with van der Waals surface area (Å²) in [6, 6.07) is 7.69. The van der Waals surface area contributed by atoms with E-state index < -0.39 is 0 Å². The van der Waals surface area contributed by atoms with Crippen molar-refractivity contribution in [2.24, 2.45) is 0 Å². The highest BCUT2D eigenvalue weighted by molar-refractivity contribution is 7.12. The van der Waals surface area contributed by atoms with Gasteiger partial charge in [-0.25, -0.2) is 9.67 Å². The van der Waals surface area contributed by atoms with Crippen molar-refractivity contribution >= 4 is 22.9 Å². The summed E-state index contributed by atoms with van der Waals surface area (Å²) in [4.78, 5) is 16.5. The topological polar surface area (TPSA) is 59.8 Å². The Morgan fingerprint density at radius 2 is 2.00 bits per heavy atom. The summed E-state index contributed by atoms with van der Waals surface area (Å²) in [5.41, 5.74) is 3.15. The van der Waals surface area contributed by atoms with Crippen LogP contribution in [-0.4, -0.2) is 20.7 Å². The monoisotopic (exact) mass is 298 g/mol. The number of hydrogen-bond acceptors (Lipinski definition) is 4. The number of nitrogens with one attached hydrogen (secondary N) is 1. The molecule has 106 valence electrons. The summed E-state index contributed by atoms with van der Waals surface area (Å²) in [6.07, 6.45) is 3.42. The first-order valence-electron chi connectivity index (χ1n) is 6.47. The Kier molecular flexibility index (Phi) is 3.53. The summed E-state index contributed by atoms with van der Waals surface area (Å²) in [5, 5.41) is 9.83. The fraction of sp³-hybridized carbons (Fsp3) is 0.133. The molecule has 0 radical (unpaired) electrons. The van der Waals surface area contributed by atoms with Gasteiger partial charge in [0.15, 0.2) is 0 Å². The quantitative estimate of drug-likeness (QED) is 0.807. The van der Waals surface area contributed by atoms with Gasteiger partial charge in [0.1, 0.15) is 0 Å². The van der Waals surface area contributed by atoms with E-state index in [0.717, 1.165) is 16.4 Å². The molecule has 5 nitrogen and oxygen atoms in total. The Labute approximate surface area is 126 Å². The zero-order valence-corrected chi connectivity index (χ0v) is 12.5. The van der Waals surface area contributed by atoms with Gasteiger partial charge in [-0.15, -0.1) is 11.3 Å². The van der Waals surface area contributed by atoms with Crippen LogP contribution in [0.4, 0.5) is 5.69 Å². The fourth-order valence-electron chi connectivity index (χ4n) is 1.95. The molecule has 3 aromatic rings. The van der Waals surface area contributed by atoms with Crippen LogP contribution in [0, 0.1) is 13.8 Å². The molecule has 1 aromatic carbocycles. The molecule has 0 aliphatic carbocycles. The number of carbonyl (C=O) groups is 1. The summed E-state index contributed by atoms with van der Waals surface area (Å²) < 4.78 is 1.63. The standard InChI is InChI=1S/C15H14N4OS/c1-10-3-5-12(6-4-10)17-14(20)13-9-19(18-11(13)2)15-16-7-8-21-15/h3-9H,1-2H3,(H,17,20). The van der Waals surface area contributed by atoms with Crippen LogP contribution in [0.25, 0.3) is 5.13 Å². The van der Waals surface area contributed by atoms with Crippen LogP contribution < -0.4 is 5.32 Å². The molecule has 0 spiro atoms.